The molecule has 0 heterocycles. The van der Waals surface area contributed by atoms with Gasteiger partial charge in [-0.3, -0.25) is 4.79 Å². The number of allylic oxidation sites excluding steroid dienone is 1. The maximum atomic E-state index is 11.7. The molecule has 3 heteroatoms. The second-order valence-electron chi connectivity index (χ2n) is 6.03. The summed E-state index contributed by atoms with van der Waals surface area (Å²) in [5.74, 6) is 1.37. The zero-order chi connectivity index (χ0) is 14.7. The number of fused-ring (bicyclic) bond motifs is 2. The molecule has 2 saturated carbocycles. The molecule has 1 aromatic rings. The van der Waals surface area contributed by atoms with E-state index in [2.05, 4.69) is 29.3 Å². The number of ketones is 1. The molecule has 3 nitrogen and oxygen atoms in total. The van der Waals surface area contributed by atoms with Crippen LogP contribution in [0.3, 0.4) is 0 Å². The number of rotatable bonds is 4. The van der Waals surface area contributed by atoms with Crippen molar-refractivity contribution in [2.24, 2.45) is 16.8 Å². The van der Waals surface area contributed by atoms with E-state index in [-0.39, 0.29) is 0 Å². The first-order valence-electron chi connectivity index (χ1n) is 7.62. The molecule has 2 unspecified atom stereocenters. The number of Topliss-reactive ketones (excluding diaryl/α,β-unsaturated/α-hetero) is 1. The van der Waals surface area contributed by atoms with Crippen LogP contribution < -0.4 is 0 Å². The highest BCUT2D eigenvalue weighted by Crippen LogP contribution is 2.45. The predicted molar refractivity (Wildman–Crippen MR) is 81.6 cm³/mol. The Balaban J connectivity index is 1.78. The van der Waals surface area contributed by atoms with E-state index < -0.39 is 0 Å². The number of benzene rings is 1. The number of carbonyl (C=O) groups is 1. The van der Waals surface area contributed by atoms with Gasteiger partial charge in [-0.15, -0.1) is 0 Å². The van der Waals surface area contributed by atoms with Gasteiger partial charge in [0.25, 0.3) is 0 Å². The summed E-state index contributed by atoms with van der Waals surface area (Å²) in [6.45, 7) is 0.489. The summed E-state index contributed by atoms with van der Waals surface area (Å²) in [5, 5.41) is 0. The van der Waals surface area contributed by atoms with Crippen LogP contribution in [0.2, 0.25) is 0 Å². The molecule has 21 heavy (non-hydrogen) atoms. The van der Waals surface area contributed by atoms with Crippen molar-refractivity contribution in [1.82, 2.24) is 0 Å². The quantitative estimate of drug-likeness (QED) is 0.627. The number of hydrogen-bond acceptors (Lipinski definition) is 3. The van der Waals surface area contributed by atoms with E-state index in [1.807, 2.05) is 6.07 Å². The van der Waals surface area contributed by atoms with Gasteiger partial charge in [-0.2, -0.15) is 0 Å². The Kier molecular flexibility index (Phi) is 4.12. The van der Waals surface area contributed by atoms with Crippen molar-refractivity contribution >= 4 is 17.9 Å². The van der Waals surface area contributed by atoms with Crippen molar-refractivity contribution < 1.29 is 9.59 Å². The van der Waals surface area contributed by atoms with E-state index >= 15 is 0 Å². The lowest BCUT2D eigenvalue weighted by atomic mass is 9.82. The van der Waals surface area contributed by atoms with Crippen LogP contribution in [0, 0.1) is 11.8 Å². The van der Waals surface area contributed by atoms with Crippen LogP contribution in [-0.4, -0.2) is 18.4 Å². The standard InChI is InChI=1S/C18H19NO2/c20-12-19-7-6-13-2-1-3-14(8-13)9-18-15-4-5-16(18)11-17(21)10-15/h1-3,8-9,15-16H,4-7,10-11H2. The fraction of sp³-hybridized carbons (Fsp3) is 0.444. The molecular weight excluding hydrogens is 262 g/mol. The van der Waals surface area contributed by atoms with Gasteiger partial charge < -0.3 is 0 Å². The molecule has 0 spiro atoms. The molecule has 2 bridgehead atoms. The van der Waals surface area contributed by atoms with Gasteiger partial charge in [0.1, 0.15) is 5.78 Å². The first-order valence-corrected chi connectivity index (χ1v) is 7.62. The lowest BCUT2D eigenvalue weighted by Crippen LogP contribution is -2.17. The van der Waals surface area contributed by atoms with E-state index in [0.29, 0.717) is 24.2 Å². The molecular formula is C18H19NO2. The van der Waals surface area contributed by atoms with Gasteiger partial charge in [-0.25, -0.2) is 9.79 Å². The second-order valence-corrected chi connectivity index (χ2v) is 6.03. The third-order valence-corrected chi connectivity index (χ3v) is 4.62. The Labute approximate surface area is 124 Å². The number of isocyanates is 1. The number of carbonyl (C=O) groups excluding carboxylic acids is 2. The maximum absolute atomic E-state index is 11.7. The molecule has 2 aliphatic carbocycles. The Morgan fingerprint density at radius 1 is 1.24 bits per heavy atom. The zero-order valence-corrected chi connectivity index (χ0v) is 12.0. The fourth-order valence-electron chi connectivity index (χ4n) is 3.64. The van der Waals surface area contributed by atoms with Crippen molar-refractivity contribution in [3.63, 3.8) is 0 Å². The van der Waals surface area contributed by atoms with Gasteiger partial charge in [-0.05, 0) is 42.2 Å². The number of nitrogens with zero attached hydrogens (tertiary/aromatic N) is 1. The molecule has 1 aromatic carbocycles. The van der Waals surface area contributed by atoms with E-state index in [9.17, 15) is 9.59 Å². The topological polar surface area (TPSA) is 46.5 Å². The van der Waals surface area contributed by atoms with E-state index in [1.165, 1.54) is 16.7 Å². The summed E-state index contributed by atoms with van der Waals surface area (Å²) in [7, 11) is 0. The summed E-state index contributed by atoms with van der Waals surface area (Å²) in [5.41, 5.74) is 3.85. The highest BCUT2D eigenvalue weighted by molar-refractivity contribution is 5.82. The van der Waals surface area contributed by atoms with Crippen LogP contribution in [0.15, 0.2) is 34.8 Å². The van der Waals surface area contributed by atoms with Crippen LogP contribution in [0.1, 0.15) is 36.8 Å². The van der Waals surface area contributed by atoms with Crippen LogP contribution in [-0.2, 0) is 16.0 Å². The lowest BCUT2D eigenvalue weighted by Gasteiger charge is -2.22. The molecule has 0 amide bonds. The Morgan fingerprint density at radius 3 is 2.71 bits per heavy atom. The van der Waals surface area contributed by atoms with Crippen LogP contribution in [0.25, 0.3) is 6.08 Å². The van der Waals surface area contributed by atoms with Gasteiger partial charge >= 0.3 is 0 Å². The normalized spacial score (nSPS) is 23.8. The van der Waals surface area contributed by atoms with E-state index in [0.717, 1.165) is 32.1 Å². The average molecular weight is 281 g/mol. The third-order valence-electron chi connectivity index (χ3n) is 4.62. The molecule has 0 saturated heterocycles. The smallest absolute Gasteiger partial charge is 0.234 e. The van der Waals surface area contributed by atoms with Crippen molar-refractivity contribution in [2.75, 3.05) is 6.54 Å². The molecule has 0 radical (unpaired) electrons. The number of aliphatic imine (C=N–C) groups is 1. The Bertz CT molecular complexity index is 608. The highest BCUT2D eigenvalue weighted by Gasteiger charge is 2.37. The van der Waals surface area contributed by atoms with Crippen LogP contribution in [0.5, 0.6) is 0 Å². The summed E-state index contributed by atoms with van der Waals surface area (Å²) in [4.78, 5) is 25.4. The van der Waals surface area contributed by atoms with Gasteiger partial charge in [0.15, 0.2) is 0 Å². The average Bonchev–Trinajstić information content (AvgIpc) is 2.71. The van der Waals surface area contributed by atoms with Gasteiger partial charge in [-0.1, -0.05) is 35.9 Å². The van der Waals surface area contributed by atoms with E-state index in [4.69, 9.17) is 0 Å². The molecule has 2 aliphatic rings. The monoisotopic (exact) mass is 281 g/mol. The van der Waals surface area contributed by atoms with Gasteiger partial charge in [0.05, 0.1) is 6.54 Å². The zero-order valence-electron chi connectivity index (χ0n) is 12.0. The summed E-state index contributed by atoms with van der Waals surface area (Å²) in [6.07, 6.45) is 8.40. The Morgan fingerprint density at radius 2 is 2.00 bits per heavy atom. The molecule has 0 aliphatic heterocycles. The molecule has 3 rings (SSSR count). The van der Waals surface area contributed by atoms with E-state index in [1.54, 1.807) is 6.08 Å². The minimum atomic E-state index is 0.431. The highest BCUT2D eigenvalue weighted by atomic mass is 16.1. The minimum Gasteiger partial charge on any atom is -0.300 e. The van der Waals surface area contributed by atoms with Crippen molar-refractivity contribution in [2.45, 2.75) is 32.1 Å². The first-order chi connectivity index (χ1) is 10.3. The largest absolute Gasteiger partial charge is 0.300 e. The summed E-state index contributed by atoms with van der Waals surface area (Å²) >= 11 is 0. The molecule has 0 aromatic heterocycles. The molecule has 0 N–H and O–H groups in total. The van der Waals surface area contributed by atoms with Crippen molar-refractivity contribution in [3.05, 3.63) is 41.0 Å². The molecule has 108 valence electrons. The van der Waals surface area contributed by atoms with Crippen LogP contribution in [0.4, 0.5) is 0 Å². The van der Waals surface area contributed by atoms with Crippen LogP contribution >= 0.6 is 0 Å². The SMILES string of the molecule is O=C=NCCc1cccc(C=C2C3CCC2CC(=O)C3)c1. The predicted octanol–water partition coefficient (Wildman–Crippen LogP) is 3.34. The third kappa shape index (κ3) is 3.20. The molecule has 2 fully saturated rings. The second kappa shape index (κ2) is 6.19. The maximum Gasteiger partial charge on any atom is 0.234 e. The van der Waals surface area contributed by atoms with Crippen molar-refractivity contribution in [1.29, 1.82) is 0 Å². The number of hydrogen-bond donors (Lipinski definition) is 0. The summed E-state index contributed by atoms with van der Waals surface area (Å²) < 4.78 is 0. The first kappa shape index (κ1) is 14.0. The lowest BCUT2D eigenvalue weighted by molar-refractivity contribution is -0.120. The summed E-state index contributed by atoms with van der Waals surface area (Å²) in [6, 6.07) is 8.36. The molecule has 2 atom stereocenters. The van der Waals surface area contributed by atoms with Gasteiger partial charge in [0.2, 0.25) is 6.08 Å². The Hall–Kier alpha value is -1.99. The fourth-order valence-corrected chi connectivity index (χ4v) is 3.64. The van der Waals surface area contributed by atoms with Crippen molar-refractivity contribution in [3.8, 4) is 0 Å². The minimum absolute atomic E-state index is 0.431. The van der Waals surface area contributed by atoms with Gasteiger partial charge in [0, 0.05) is 12.8 Å².